The van der Waals surface area contributed by atoms with Crippen LogP contribution in [0.5, 0.6) is 5.75 Å². The van der Waals surface area contributed by atoms with Gasteiger partial charge in [-0.15, -0.1) is 0 Å². The van der Waals surface area contributed by atoms with Crippen molar-refractivity contribution in [2.75, 3.05) is 14.2 Å². The fourth-order valence-electron chi connectivity index (χ4n) is 3.29. The van der Waals surface area contributed by atoms with Crippen molar-refractivity contribution < 1.29 is 23.9 Å². The lowest BCUT2D eigenvalue weighted by molar-refractivity contribution is -0.148. The molecule has 2 heterocycles. The molecule has 0 unspecified atom stereocenters. The Morgan fingerprint density at radius 2 is 1.79 bits per heavy atom. The van der Waals surface area contributed by atoms with E-state index in [9.17, 15) is 14.4 Å². The monoisotopic (exact) mass is 414 g/mol. The number of hydrogen-bond acceptors (Lipinski definition) is 6. The topological polar surface area (TPSA) is 77.8 Å². The third-order valence-corrected chi connectivity index (χ3v) is 5.72. The molecule has 0 bridgehead atoms. The van der Waals surface area contributed by atoms with Crippen LogP contribution in [-0.4, -0.2) is 46.8 Å². The first-order chi connectivity index (χ1) is 13.8. The molecule has 1 aliphatic rings. The Hall–Kier alpha value is -3.00. The summed E-state index contributed by atoms with van der Waals surface area (Å²) in [6.45, 7) is 5.39. The summed E-state index contributed by atoms with van der Waals surface area (Å²) in [4.78, 5) is 38.0. The molecule has 2 aromatic rings. The molecule has 0 N–H and O–H groups in total. The molecule has 3 rings (SSSR count). The lowest BCUT2D eigenvalue weighted by atomic mass is 10.2. The van der Waals surface area contributed by atoms with E-state index in [4.69, 9.17) is 4.74 Å². The van der Waals surface area contributed by atoms with Gasteiger partial charge in [-0.05, 0) is 74.5 Å². The highest BCUT2D eigenvalue weighted by Gasteiger charge is 2.41. The second-order valence-corrected chi connectivity index (χ2v) is 7.60. The molecular weight excluding hydrogens is 392 g/mol. The SMILES string of the molecule is COC(=O)[C@H](C)N1C(=O)S/C(=C/c2cc(C)n(-c3ccc(OC)cc3)c2C)C1=O. The molecular formula is C21H22N2O5S. The number of rotatable bonds is 5. The highest BCUT2D eigenvalue weighted by Crippen LogP contribution is 2.35. The number of nitrogens with zero attached hydrogens (tertiary/aromatic N) is 2. The Morgan fingerprint density at radius 1 is 1.14 bits per heavy atom. The van der Waals surface area contributed by atoms with Gasteiger partial charge in [-0.1, -0.05) is 0 Å². The van der Waals surface area contributed by atoms with E-state index in [0.29, 0.717) is 0 Å². The van der Waals surface area contributed by atoms with E-state index in [1.54, 1.807) is 13.2 Å². The van der Waals surface area contributed by atoms with Crippen LogP contribution in [0, 0.1) is 13.8 Å². The van der Waals surface area contributed by atoms with Crippen molar-refractivity contribution >= 4 is 35.0 Å². The number of methoxy groups -OCH3 is 2. The predicted octanol–water partition coefficient (Wildman–Crippen LogP) is 3.70. The van der Waals surface area contributed by atoms with Gasteiger partial charge in [-0.3, -0.25) is 14.5 Å². The van der Waals surface area contributed by atoms with Crippen molar-refractivity contribution in [3.05, 3.63) is 52.2 Å². The molecule has 1 atom stereocenters. The van der Waals surface area contributed by atoms with Gasteiger partial charge in [-0.2, -0.15) is 0 Å². The fraction of sp³-hybridized carbons (Fsp3) is 0.286. The summed E-state index contributed by atoms with van der Waals surface area (Å²) in [5, 5.41) is -0.483. The van der Waals surface area contributed by atoms with E-state index < -0.39 is 23.2 Å². The Balaban J connectivity index is 1.94. The minimum absolute atomic E-state index is 0.278. The summed E-state index contributed by atoms with van der Waals surface area (Å²) >= 11 is 0.822. The van der Waals surface area contributed by atoms with Crippen molar-refractivity contribution in [3.63, 3.8) is 0 Å². The number of carbonyl (C=O) groups excluding carboxylic acids is 3. The zero-order chi connectivity index (χ0) is 21.3. The number of ether oxygens (including phenoxy) is 2. The first-order valence-electron chi connectivity index (χ1n) is 8.96. The van der Waals surface area contributed by atoms with Gasteiger partial charge in [0.25, 0.3) is 11.1 Å². The third kappa shape index (κ3) is 3.80. The molecule has 1 aliphatic heterocycles. The molecule has 0 spiro atoms. The van der Waals surface area contributed by atoms with E-state index in [1.165, 1.54) is 14.0 Å². The van der Waals surface area contributed by atoms with Gasteiger partial charge < -0.3 is 14.0 Å². The van der Waals surface area contributed by atoms with Gasteiger partial charge in [0.1, 0.15) is 11.8 Å². The molecule has 1 aromatic carbocycles. The molecule has 2 amide bonds. The average molecular weight is 414 g/mol. The van der Waals surface area contributed by atoms with Crippen molar-refractivity contribution in [1.29, 1.82) is 0 Å². The highest BCUT2D eigenvalue weighted by molar-refractivity contribution is 8.18. The number of benzene rings is 1. The second-order valence-electron chi connectivity index (χ2n) is 6.61. The number of hydrogen-bond donors (Lipinski definition) is 0. The molecule has 7 nitrogen and oxygen atoms in total. The Kier molecular flexibility index (Phi) is 5.83. The maximum absolute atomic E-state index is 12.7. The molecule has 0 radical (unpaired) electrons. The molecule has 1 saturated heterocycles. The number of thioether (sulfide) groups is 1. The van der Waals surface area contributed by atoms with Crippen LogP contribution in [0.4, 0.5) is 4.79 Å². The van der Waals surface area contributed by atoms with E-state index in [0.717, 1.165) is 45.1 Å². The Labute approximate surface area is 173 Å². The molecule has 1 fully saturated rings. The summed E-state index contributed by atoms with van der Waals surface area (Å²) < 4.78 is 11.9. The third-order valence-electron chi connectivity index (χ3n) is 4.84. The summed E-state index contributed by atoms with van der Waals surface area (Å²) in [7, 11) is 2.84. The van der Waals surface area contributed by atoms with Crippen LogP contribution in [0.3, 0.4) is 0 Å². The van der Waals surface area contributed by atoms with Crippen LogP contribution in [0.15, 0.2) is 35.2 Å². The second kappa shape index (κ2) is 8.16. The molecule has 0 saturated carbocycles. The predicted molar refractivity (Wildman–Crippen MR) is 111 cm³/mol. The molecule has 152 valence electrons. The number of aryl methyl sites for hydroxylation is 1. The van der Waals surface area contributed by atoms with E-state index in [1.807, 2.05) is 44.2 Å². The smallest absolute Gasteiger partial charge is 0.328 e. The zero-order valence-corrected chi connectivity index (χ0v) is 17.7. The standard InChI is InChI=1S/C21H22N2O5S/c1-12-10-15(13(2)22(12)16-6-8-17(27-4)9-7-16)11-18-19(24)23(21(26)29-18)14(3)20(25)28-5/h6-11,14H,1-5H3/b18-11+/t14-/m0/s1. The van der Waals surface area contributed by atoms with Crippen molar-refractivity contribution in [3.8, 4) is 11.4 Å². The van der Waals surface area contributed by atoms with Gasteiger partial charge in [0.15, 0.2) is 0 Å². The lowest BCUT2D eigenvalue weighted by Crippen LogP contribution is -2.42. The van der Waals surface area contributed by atoms with Crippen LogP contribution in [0.1, 0.15) is 23.9 Å². The minimum Gasteiger partial charge on any atom is -0.497 e. The summed E-state index contributed by atoms with van der Waals surface area (Å²) in [6, 6.07) is 8.66. The summed E-state index contributed by atoms with van der Waals surface area (Å²) in [6.07, 6.45) is 1.69. The van der Waals surface area contributed by atoms with Gasteiger partial charge in [0, 0.05) is 17.1 Å². The van der Waals surface area contributed by atoms with Crippen LogP contribution in [0.2, 0.25) is 0 Å². The van der Waals surface area contributed by atoms with Gasteiger partial charge in [0.05, 0.1) is 19.1 Å². The van der Waals surface area contributed by atoms with E-state index in [2.05, 4.69) is 9.30 Å². The van der Waals surface area contributed by atoms with Crippen LogP contribution < -0.4 is 4.74 Å². The fourth-order valence-corrected chi connectivity index (χ4v) is 4.19. The molecule has 0 aliphatic carbocycles. The maximum atomic E-state index is 12.7. The normalized spacial score (nSPS) is 16.4. The van der Waals surface area contributed by atoms with Gasteiger partial charge in [0.2, 0.25) is 0 Å². The van der Waals surface area contributed by atoms with Gasteiger partial charge >= 0.3 is 5.97 Å². The van der Waals surface area contributed by atoms with E-state index in [-0.39, 0.29) is 4.91 Å². The first kappa shape index (κ1) is 20.7. The molecule has 8 heteroatoms. The first-order valence-corrected chi connectivity index (χ1v) is 9.78. The van der Waals surface area contributed by atoms with Crippen LogP contribution in [-0.2, 0) is 14.3 Å². The maximum Gasteiger partial charge on any atom is 0.328 e. The quantitative estimate of drug-likeness (QED) is 0.548. The zero-order valence-electron chi connectivity index (χ0n) is 16.9. The number of esters is 1. The highest BCUT2D eigenvalue weighted by atomic mass is 32.2. The van der Waals surface area contributed by atoms with Gasteiger partial charge in [-0.25, -0.2) is 4.79 Å². The summed E-state index contributed by atoms with van der Waals surface area (Å²) in [5.41, 5.74) is 3.71. The van der Waals surface area contributed by atoms with Crippen molar-refractivity contribution in [1.82, 2.24) is 9.47 Å². The Bertz CT molecular complexity index is 1010. The number of amides is 2. The number of imide groups is 1. The summed E-state index contributed by atoms with van der Waals surface area (Å²) in [5.74, 6) is -0.358. The molecule has 29 heavy (non-hydrogen) atoms. The number of aromatic nitrogens is 1. The van der Waals surface area contributed by atoms with E-state index >= 15 is 0 Å². The average Bonchev–Trinajstić information content (AvgIpc) is 3.15. The van der Waals surface area contributed by atoms with Crippen LogP contribution >= 0.6 is 11.8 Å². The Morgan fingerprint density at radius 3 is 2.38 bits per heavy atom. The van der Waals surface area contributed by atoms with Crippen molar-refractivity contribution in [2.24, 2.45) is 0 Å². The van der Waals surface area contributed by atoms with Crippen molar-refractivity contribution in [2.45, 2.75) is 26.8 Å². The minimum atomic E-state index is -0.967. The molecule has 1 aromatic heterocycles. The number of carbonyl (C=O) groups is 3. The van der Waals surface area contributed by atoms with Crippen LogP contribution in [0.25, 0.3) is 11.8 Å². The largest absolute Gasteiger partial charge is 0.497 e. The lowest BCUT2D eigenvalue weighted by Gasteiger charge is -2.18.